The van der Waals surface area contributed by atoms with Gasteiger partial charge in [-0.2, -0.15) is 0 Å². The zero-order valence-corrected chi connectivity index (χ0v) is 12.9. The molecule has 7 nitrogen and oxygen atoms in total. The normalized spacial score (nSPS) is 17.3. The van der Waals surface area contributed by atoms with Gasteiger partial charge >= 0.3 is 6.03 Å². The highest BCUT2D eigenvalue weighted by Crippen LogP contribution is 2.24. The SMILES string of the molecule is COc1nccnc1OC1CCN(C(=O)Nc2cccs2)C1. The maximum Gasteiger partial charge on any atom is 0.322 e. The summed E-state index contributed by atoms with van der Waals surface area (Å²) in [4.78, 5) is 22.0. The van der Waals surface area contributed by atoms with Crippen LogP contribution < -0.4 is 14.8 Å². The second-order valence-corrected chi connectivity index (χ2v) is 5.70. The van der Waals surface area contributed by atoms with Crippen LogP contribution in [-0.4, -0.2) is 47.2 Å². The third kappa shape index (κ3) is 3.28. The molecular formula is C14H16N4O3S. The molecule has 2 amide bonds. The smallest absolute Gasteiger partial charge is 0.322 e. The van der Waals surface area contributed by atoms with E-state index in [0.29, 0.717) is 24.8 Å². The molecule has 2 aromatic rings. The van der Waals surface area contributed by atoms with Gasteiger partial charge in [0, 0.05) is 25.4 Å². The molecule has 116 valence electrons. The number of carbonyl (C=O) groups excluding carboxylic acids is 1. The van der Waals surface area contributed by atoms with E-state index in [2.05, 4.69) is 15.3 Å². The molecule has 1 aliphatic heterocycles. The number of urea groups is 1. The van der Waals surface area contributed by atoms with Gasteiger partial charge in [-0.25, -0.2) is 14.8 Å². The Morgan fingerprint density at radius 3 is 2.95 bits per heavy atom. The number of likely N-dealkylation sites (tertiary alicyclic amines) is 1. The lowest BCUT2D eigenvalue weighted by atomic mass is 10.3. The lowest BCUT2D eigenvalue weighted by Crippen LogP contribution is -2.34. The Labute approximate surface area is 131 Å². The molecule has 0 spiro atoms. The maximum absolute atomic E-state index is 12.1. The van der Waals surface area contributed by atoms with E-state index in [0.717, 1.165) is 11.4 Å². The number of methoxy groups -OCH3 is 1. The van der Waals surface area contributed by atoms with Crippen LogP contribution in [0.3, 0.4) is 0 Å². The van der Waals surface area contributed by atoms with E-state index < -0.39 is 0 Å². The van der Waals surface area contributed by atoms with Crippen molar-refractivity contribution in [1.29, 1.82) is 0 Å². The van der Waals surface area contributed by atoms with Crippen LogP contribution in [0.15, 0.2) is 29.9 Å². The van der Waals surface area contributed by atoms with Gasteiger partial charge in [-0.1, -0.05) is 0 Å². The lowest BCUT2D eigenvalue weighted by molar-refractivity contribution is 0.182. The van der Waals surface area contributed by atoms with Crippen LogP contribution in [0.5, 0.6) is 11.8 Å². The van der Waals surface area contributed by atoms with Crippen LogP contribution in [0.1, 0.15) is 6.42 Å². The number of aromatic nitrogens is 2. The van der Waals surface area contributed by atoms with Crippen LogP contribution in [0, 0.1) is 0 Å². The largest absolute Gasteiger partial charge is 0.477 e. The van der Waals surface area contributed by atoms with E-state index >= 15 is 0 Å². The number of amides is 2. The molecule has 8 heteroatoms. The fourth-order valence-corrected chi connectivity index (χ4v) is 2.84. The van der Waals surface area contributed by atoms with Gasteiger partial charge in [-0.05, 0) is 17.5 Å². The maximum atomic E-state index is 12.1. The average molecular weight is 320 g/mol. The van der Waals surface area contributed by atoms with Gasteiger partial charge in [0.2, 0.25) is 0 Å². The first kappa shape index (κ1) is 14.6. The predicted octanol–water partition coefficient (Wildman–Crippen LogP) is 2.23. The molecule has 3 heterocycles. The minimum atomic E-state index is -0.111. The summed E-state index contributed by atoms with van der Waals surface area (Å²) in [6.45, 7) is 1.15. The standard InChI is InChI=1S/C14H16N4O3S/c1-20-12-13(16-6-5-15-12)21-10-4-7-18(9-10)14(19)17-11-3-2-8-22-11/h2-3,5-6,8,10H,4,7,9H2,1H3,(H,17,19). The molecular weight excluding hydrogens is 304 g/mol. The topological polar surface area (TPSA) is 76.6 Å². The zero-order valence-electron chi connectivity index (χ0n) is 12.1. The van der Waals surface area contributed by atoms with Crippen molar-refractivity contribution in [3.63, 3.8) is 0 Å². The minimum absolute atomic E-state index is 0.111. The summed E-state index contributed by atoms with van der Waals surface area (Å²) in [5.41, 5.74) is 0. The fourth-order valence-electron chi connectivity index (χ4n) is 2.23. The zero-order chi connectivity index (χ0) is 15.4. The van der Waals surface area contributed by atoms with Gasteiger partial charge in [-0.3, -0.25) is 5.32 Å². The number of ether oxygens (including phenoxy) is 2. The second-order valence-electron chi connectivity index (χ2n) is 4.75. The number of rotatable bonds is 4. The van der Waals surface area contributed by atoms with Crippen molar-refractivity contribution in [2.45, 2.75) is 12.5 Å². The van der Waals surface area contributed by atoms with Crippen molar-refractivity contribution in [1.82, 2.24) is 14.9 Å². The molecule has 3 rings (SSSR count). The van der Waals surface area contributed by atoms with Gasteiger partial charge in [0.25, 0.3) is 11.8 Å². The molecule has 0 bridgehead atoms. The number of hydrogen-bond donors (Lipinski definition) is 1. The van der Waals surface area contributed by atoms with E-state index in [1.165, 1.54) is 18.4 Å². The van der Waals surface area contributed by atoms with E-state index in [9.17, 15) is 4.79 Å². The quantitative estimate of drug-likeness (QED) is 0.935. The van der Waals surface area contributed by atoms with E-state index in [4.69, 9.17) is 9.47 Å². The highest BCUT2D eigenvalue weighted by molar-refractivity contribution is 7.14. The third-order valence-electron chi connectivity index (χ3n) is 3.29. The number of nitrogens with zero attached hydrogens (tertiary/aromatic N) is 3. The Hall–Kier alpha value is -2.35. The molecule has 0 radical (unpaired) electrons. The van der Waals surface area contributed by atoms with Gasteiger partial charge < -0.3 is 14.4 Å². The van der Waals surface area contributed by atoms with E-state index in [1.807, 2.05) is 17.5 Å². The Bertz CT molecular complexity index is 635. The molecule has 22 heavy (non-hydrogen) atoms. The summed E-state index contributed by atoms with van der Waals surface area (Å²) in [5, 5.41) is 5.63. The summed E-state index contributed by atoms with van der Waals surface area (Å²) >= 11 is 1.49. The monoisotopic (exact) mass is 320 g/mol. The van der Waals surface area contributed by atoms with Crippen LogP contribution in [0.4, 0.5) is 9.80 Å². The molecule has 1 aliphatic rings. The molecule has 2 aromatic heterocycles. The summed E-state index contributed by atoms with van der Waals surface area (Å²) in [7, 11) is 1.52. The van der Waals surface area contributed by atoms with Crippen molar-refractivity contribution >= 4 is 22.4 Å². The molecule has 1 N–H and O–H groups in total. The number of anilines is 1. The first-order valence-electron chi connectivity index (χ1n) is 6.87. The van der Waals surface area contributed by atoms with E-state index in [1.54, 1.807) is 17.3 Å². The number of nitrogens with one attached hydrogen (secondary N) is 1. The highest BCUT2D eigenvalue weighted by Gasteiger charge is 2.29. The summed E-state index contributed by atoms with van der Waals surface area (Å²) in [6, 6.07) is 3.66. The van der Waals surface area contributed by atoms with Crippen LogP contribution in [0.2, 0.25) is 0 Å². The molecule has 1 atom stereocenters. The molecule has 0 saturated carbocycles. The van der Waals surface area contributed by atoms with Crippen molar-refractivity contribution in [3.05, 3.63) is 29.9 Å². The van der Waals surface area contributed by atoms with E-state index in [-0.39, 0.29) is 12.1 Å². The minimum Gasteiger partial charge on any atom is -0.477 e. The van der Waals surface area contributed by atoms with Crippen molar-refractivity contribution in [2.75, 3.05) is 25.5 Å². The Kier molecular flexibility index (Phi) is 4.38. The molecule has 0 aromatic carbocycles. The van der Waals surface area contributed by atoms with Gasteiger partial charge in [-0.15, -0.1) is 11.3 Å². The number of thiophene rings is 1. The van der Waals surface area contributed by atoms with Crippen molar-refractivity contribution in [2.24, 2.45) is 0 Å². The lowest BCUT2D eigenvalue weighted by Gasteiger charge is -2.17. The Balaban J connectivity index is 1.57. The first-order chi connectivity index (χ1) is 10.8. The molecule has 0 aliphatic carbocycles. The predicted molar refractivity (Wildman–Crippen MR) is 82.5 cm³/mol. The van der Waals surface area contributed by atoms with Gasteiger partial charge in [0.15, 0.2) is 0 Å². The van der Waals surface area contributed by atoms with Crippen LogP contribution >= 0.6 is 11.3 Å². The fraction of sp³-hybridized carbons (Fsp3) is 0.357. The third-order valence-corrected chi connectivity index (χ3v) is 4.07. The summed E-state index contributed by atoms with van der Waals surface area (Å²) < 4.78 is 10.9. The molecule has 1 fully saturated rings. The van der Waals surface area contributed by atoms with Crippen molar-refractivity contribution in [3.8, 4) is 11.8 Å². The Morgan fingerprint density at radius 2 is 2.23 bits per heavy atom. The van der Waals surface area contributed by atoms with Gasteiger partial charge in [0.05, 0.1) is 18.7 Å². The summed E-state index contributed by atoms with van der Waals surface area (Å²) in [5.74, 6) is 0.708. The van der Waals surface area contributed by atoms with Crippen LogP contribution in [0.25, 0.3) is 0 Å². The molecule has 1 saturated heterocycles. The van der Waals surface area contributed by atoms with Gasteiger partial charge in [0.1, 0.15) is 6.10 Å². The number of hydrogen-bond acceptors (Lipinski definition) is 6. The highest BCUT2D eigenvalue weighted by atomic mass is 32.1. The van der Waals surface area contributed by atoms with Crippen LogP contribution in [-0.2, 0) is 0 Å². The number of carbonyl (C=O) groups is 1. The summed E-state index contributed by atoms with van der Waals surface area (Å²) in [6.07, 6.45) is 3.73. The second kappa shape index (κ2) is 6.61. The van der Waals surface area contributed by atoms with Crippen molar-refractivity contribution < 1.29 is 14.3 Å². The first-order valence-corrected chi connectivity index (χ1v) is 7.75. The average Bonchev–Trinajstić information content (AvgIpc) is 3.19. The molecule has 1 unspecified atom stereocenters. The Morgan fingerprint density at radius 1 is 1.41 bits per heavy atom.